The van der Waals surface area contributed by atoms with Crippen molar-refractivity contribution in [3.8, 4) is 0 Å². The zero-order valence-corrected chi connectivity index (χ0v) is 14.0. The lowest BCUT2D eigenvalue weighted by molar-refractivity contribution is -0.131. The van der Waals surface area contributed by atoms with Gasteiger partial charge in [-0.25, -0.2) is 4.79 Å². The smallest absolute Gasteiger partial charge is 0.325 e. The van der Waals surface area contributed by atoms with Gasteiger partial charge in [0.25, 0.3) is 5.91 Å². The number of nitrogens with one attached hydrogen (secondary N) is 1. The van der Waals surface area contributed by atoms with Gasteiger partial charge in [0.15, 0.2) is 5.78 Å². The van der Waals surface area contributed by atoms with Crippen LogP contribution in [0.5, 0.6) is 0 Å². The van der Waals surface area contributed by atoms with Crippen LogP contribution in [0.15, 0.2) is 42.6 Å². The monoisotopic (exact) mass is 337 g/mol. The molecule has 0 saturated carbocycles. The number of imide groups is 1. The molecule has 2 aliphatic rings. The van der Waals surface area contributed by atoms with Gasteiger partial charge in [0, 0.05) is 19.7 Å². The Labute approximate surface area is 145 Å². The van der Waals surface area contributed by atoms with Crippen molar-refractivity contribution in [2.45, 2.75) is 24.8 Å². The number of nitrogens with zero attached hydrogens (tertiary/aromatic N) is 2. The second kappa shape index (κ2) is 5.58. The average Bonchev–Trinajstić information content (AvgIpc) is 3.12. The maximum atomic E-state index is 13.0. The number of hydrogen-bond acceptors (Lipinski definition) is 3. The van der Waals surface area contributed by atoms with Gasteiger partial charge in [-0.3, -0.25) is 14.5 Å². The molecule has 1 aromatic carbocycles. The quantitative estimate of drug-likeness (QED) is 0.684. The van der Waals surface area contributed by atoms with Crippen molar-refractivity contribution in [3.05, 3.63) is 59.4 Å². The van der Waals surface area contributed by atoms with Crippen molar-refractivity contribution in [1.29, 1.82) is 0 Å². The summed E-state index contributed by atoms with van der Waals surface area (Å²) in [7, 11) is 1.76. The number of benzene rings is 1. The van der Waals surface area contributed by atoms with Crippen LogP contribution >= 0.6 is 0 Å². The molecule has 2 aromatic rings. The summed E-state index contributed by atoms with van der Waals surface area (Å²) in [4.78, 5) is 38.9. The van der Waals surface area contributed by atoms with E-state index < -0.39 is 11.6 Å². The van der Waals surface area contributed by atoms with E-state index in [1.807, 2.05) is 18.2 Å². The fourth-order valence-corrected chi connectivity index (χ4v) is 3.82. The van der Waals surface area contributed by atoms with E-state index in [1.165, 1.54) is 5.56 Å². The summed E-state index contributed by atoms with van der Waals surface area (Å²) in [5.74, 6) is -0.543. The van der Waals surface area contributed by atoms with Gasteiger partial charge in [-0.15, -0.1) is 0 Å². The average molecular weight is 337 g/mol. The maximum absolute atomic E-state index is 13.0. The highest BCUT2D eigenvalue weighted by Gasteiger charge is 2.52. The fourth-order valence-electron chi connectivity index (χ4n) is 3.82. The van der Waals surface area contributed by atoms with Crippen molar-refractivity contribution in [2.75, 3.05) is 6.54 Å². The number of carbonyl (C=O) groups excluding carboxylic acids is 3. The molecule has 3 amide bonds. The van der Waals surface area contributed by atoms with Gasteiger partial charge in [0.05, 0.1) is 12.2 Å². The highest BCUT2D eigenvalue weighted by Crippen LogP contribution is 2.33. The van der Waals surface area contributed by atoms with Crippen LogP contribution < -0.4 is 5.32 Å². The SMILES string of the molecule is Cn1cccc1C(=O)CN1C(=O)N[C@@]2(CCc3ccccc3C2)C1=O. The first-order chi connectivity index (χ1) is 12.0. The third kappa shape index (κ3) is 2.45. The predicted octanol–water partition coefficient (Wildman–Crippen LogP) is 1.69. The standard InChI is InChI=1S/C19H19N3O3/c1-21-10-4-7-15(21)16(23)12-22-17(24)19(20-18(22)25)9-8-13-5-2-3-6-14(13)11-19/h2-7,10H,8-9,11-12H2,1H3,(H,20,25)/t19-/m1/s1. The third-order valence-corrected chi connectivity index (χ3v) is 5.21. The first-order valence-electron chi connectivity index (χ1n) is 8.36. The maximum Gasteiger partial charge on any atom is 0.325 e. The minimum absolute atomic E-state index is 0.230. The Kier molecular flexibility index (Phi) is 3.49. The minimum atomic E-state index is -0.917. The molecule has 1 spiro atoms. The Morgan fingerprint density at radius 3 is 2.64 bits per heavy atom. The Hall–Kier alpha value is -2.89. The molecule has 1 fully saturated rings. The van der Waals surface area contributed by atoms with Gasteiger partial charge in [-0.05, 0) is 36.1 Å². The van der Waals surface area contributed by atoms with Crippen molar-refractivity contribution < 1.29 is 14.4 Å². The molecular formula is C19H19N3O3. The molecule has 1 atom stereocenters. The van der Waals surface area contributed by atoms with E-state index in [1.54, 1.807) is 29.9 Å². The number of fused-ring (bicyclic) bond motifs is 1. The molecular weight excluding hydrogens is 318 g/mol. The van der Waals surface area contributed by atoms with Crippen LogP contribution in [0.3, 0.4) is 0 Å². The van der Waals surface area contributed by atoms with Crippen molar-refractivity contribution in [1.82, 2.24) is 14.8 Å². The van der Waals surface area contributed by atoms with Gasteiger partial charge in [0.2, 0.25) is 0 Å². The lowest BCUT2D eigenvalue weighted by atomic mass is 9.78. The summed E-state index contributed by atoms with van der Waals surface area (Å²) in [6, 6.07) is 10.9. The number of carbonyl (C=O) groups is 3. The number of urea groups is 1. The van der Waals surface area contributed by atoms with Crippen LogP contribution in [0, 0.1) is 0 Å². The van der Waals surface area contributed by atoms with Gasteiger partial charge < -0.3 is 9.88 Å². The van der Waals surface area contributed by atoms with Crippen LogP contribution in [0.1, 0.15) is 28.0 Å². The summed E-state index contributed by atoms with van der Waals surface area (Å²) in [5, 5.41) is 2.85. The van der Waals surface area contributed by atoms with Crippen LogP contribution in [0.4, 0.5) is 4.79 Å². The lowest BCUT2D eigenvalue weighted by Gasteiger charge is -2.32. The number of Topliss-reactive ketones (excluding diaryl/α,β-unsaturated/α-hetero) is 1. The first-order valence-corrected chi connectivity index (χ1v) is 8.36. The van der Waals surface area contributed by atoms with E-state index >= 15 is 0 Å². The molecule has 0 radical (unpaired) electrons. The second-order valence-electron chi connectivity index (χ2n) is 6.78. The van der Waals surface area contributed by atoms with Crippen LogP contribution in [0.25, 0.3) is 0 Å². The van der Waals surface area contributed by atoms with Crippen LogP contribution in [0.2, 0.25) is 0 Å². The van der Waals surface area contributed by atoms with E-state index in [4.69, 9.17) is 0 Å². The minimum Gasteiger partial charge on any atom is -0.348 e. The summed E-state index contributed by atoms with van der Waals surface area (Å²) in [6.45, 7) is -0.230. The molecule has 6 heteroatoms. The number of amides is 3. The molecule has 1 N–H and O–H groups in total. The topological polar surface area (TPSA) is 71.4 Å². The predicted molar refractivity (Wildman–Crippen MR) is 91.2 cm³/mol. The largest absolute Gasteiger partial charge is 0.348 e. The summed E-state index contributed by atoms with van der Waals surface area (Å²) in [5.41, 5.74) is 1.86. The molecule has 1 aliphatic carbocycles. The third-order valence-electron chi connectivity index (χ3n) is 5.21. The molecule has 0 unspecified atom stereocenters. The van der Waals surface area contributed by atoms with Crippen LogP contribution in [-0.2, 0) is 24.7 Å². The molecule has 1 saturated heterocycles. The number of aryl methyl sites for hydroxylation is 2. The normalized spacial score (nSPS) is 22.2. The summed E-state index contributed by atoms with van der Waals surface area (Å²) >= 11 is 0. The molecule has 2 heterocycles. The Morgan fingerprint density at radius 2 is 1.92 bits per heavy atom. The summed E-state index contributed by atoms with van der Waals surface area (Å²) < 4.78 is 1.69. The fraction of sp³-hybridized carbons (Fsp3) is 0.316. The summed E-state index contributed by atoms with van der Waals surface area (Å²) in [6.07, 6.45) is 3.53. The molecule has 128 valence electrons. The lowest BCUT2D eigenvalue weighted by Crippen LogP contribution is -2.51. The van der Waals surface area contributed by atoms with Crippen molar-refractivity contribution >= 4 is 17.7 Å². The highest BCUT2D eigenvalue weighted by molar-refractivity contribution is 6.11. The van der Waals surface area contributed by atoms with E-state index in [0.717, 1.165) is 16.9 Å². The van der Waals surface area contributed by atoms with E-state index in [2.05, 4.69) is 11.4 Å². The number of aromatic nitrogens is 1. The van der Waals surface area contributed by atoms with Gasteiger partial charge in [0.1, 0.15) is 5.54 Å². The molecule has 1 aromatic heterocycles. The molecule has 4 rings (SSSR count). The second-order valence-corrected chi connectivity index (χ2v) is 6.78. The van der Waals surface area contributed by atoms with E-state index in [-0.39, 0.29) is 18.2 Å². The first kappa shape index (κ1) is 15.6. The Balaban J connectivity index is 1.57. The van der Waals surface area contributed by atoms with E-state index in [0.29, 0.717) is 18.5 Å². The number of hydrogen-bond donors (Lipinski definition) is 1. The highest BCUT2D eigenvalue weighted by atomic mass is 16.2. The number of ketones is 1. The zero-order valence-electron chi connectivity index (χ0n) is 14.0. The molecule has 6 nitrogen and oxygen atoms in total. The van der Waals surface area contributed by atoms with E-state index in [9.17, 15) is 14.4 Å². The van der Waals surface area contributed by atoms with Gasteiger partial charge >= 0.3 is 6.03 Å². The van der Waals surface area contributed by atoms with Crippen LogP contribution in [-0.4, -0.2) is 39.3 Å². The molecule has 0 bridgehead atoms. The van der Waals surface area contributed by atoms with Crippen molar-refractivity contribution in [3.63, 3.8) is 0 Å². The Bertz CT molecular complexity index is 886. The molecule has 25 heavy (non-hydrogen) atoms. The van der Waals surface area contributed by atoms with Gasteiger partial charge in [-0.1, -0.05) is 24.3 Å². The van der Waals surface area contributed by atoms with Gasteiger partial charge in [-0.2, -0.15) is 0 Å². The van der Waals surface area contributed by atoms with Crippen molar-refractivity contribution in [2.24, 2.45) is 7.05 Å². The Morgan fingerprint density at radius 1 is 1.16 bits per heavy atom. The zero-order chi connectivity index (χ0) is 17.6. The number of rotatable bonds is 3. The molecule has 1 aliphatic heterocycles.